The van der Waals surface area contributed by atoms with E-state index in [2.05, 4.69) is 33.2 Å². The summed E-state index contributed by atoms with van der Waals surface area (Å²) in [5.41, 5.74) is 2.75. The highest BCUT2D eigenvalue weighted by Gasteiger charge is 2.35. The summed E-state index contributed by atoms with van der Waals surface area (Å²) < 4.78 is 22.7. The first-order valence-electron chi connectivity index (χ1n) is 13.7. The number of piperazine rings is 1. The topological polar surface area (TPSA) is 53.5 Å². The average Bonchev–Trinajstić information content (AvgIpc) is 3.59. The zero-order valence-corrected chi connectivity index (χ0v) is 22.0. The summed E-state index contributed by atoms with van der Waals surface area (Å²) in [7, 11) is 2.12. The second-order valence-corrected chi connectivity index (χ2v) is 11.7. The van der Waals surface area contributed by atoms with E-state index in [1.807, 2.05) is 24.3 Å². The molecular formula is C29H33ClFN5O. The van der Waals surface area contributed by atoms with Crippen LogP contribution in [0.1, 0.15) is 50.0 Å². The normalized spacial score (nSPS) is 25.8. The molecule has 0 unspecified atom stereocenters. The van der Waals surface area contributed by atoms with Gasteiger partial charge in [-0.1, -0.05) is 35.9 Å². The van der Waals surface area contributed by atoms with Crippen molar-refractivity contribution in [3.05, 3.63) is 46.7 Å². The fourth-order valence-corrected chi connectivity index (χ4v) is 6.81. The molecule has 3 saturated heterocycles. The van der Waals surface area contributed by atoms with Crippen molar-refractivity contribution >= 4 is 28.3 Å². The van der Waals surface area contributed by atoms with Crippen LogP contribution in [-0.4, -0.2) is 66.3 Å². The van der Waals surface area contributed by atoms with E-state index in [1.54, 1.807) is 0 Å². The molecule has 1 N–H and O–H groups in total. The van der Waals surface area contributed by atoms with Crippen LogP contribution in [0.3, 0.4) is 0 Å². The lowest BCUT2D eigenvalue weighted by Gasteiger charge is -2.34. The average molecular weight is 522 g/mol. The van der Waals surface area contributed by atoms with E-state index in [-0.39, 0.29) is 17.3 Å². The molecule has 1 saturated carbocycles. The molecule has 1 aromatic heterocycles. The summed E-state index contributed by atoms with van der Waals surface area (Å²) in [6, 6.07) is 11.3. The third kappa shape index (κ3) is 4.35. The largest absolute Gasteiger partial charge is 0.462 e. The quantitative estimate of drug-likeness (QED) is 0.470. The van der Waals surface area contributed by atoms with E-state index < -0.39 is 0 Å². The standard InChI is InChI=1S/C29H33ClFN5O/c1-35-12-4-5-20(35)16-37-29-33-27-23(28(34-29)36-14-18-10-11-19(15-36)32-18)13-24(30)25(26(27)31)22-7-3-2-6-21(22)17-8-9-17/h2-3,6-7,13,17-20,32H,4-5,8-12,14-16H2,1H3/t18-,19-,20-/m0/s1. The van der Waals surface area contributed by atoms with E-state index in [0.717, 1.165) is 75.1 Å². The number of rotatable bonds is 6. The molecule has 2 aromatic carbocycles. The predicted molar refractivity (Wildman–Crippen MR) is 145 cm³/mol. The van der Waals surface area contributed by atoms with E-state index in [1.165, 1.54) is 0 Å². The van der Waals surface area contributed by atoms with Gasteiger partial charge in [0.15, 0.2) is 5.82 Å². The van der Waals surface area contributed by atoms with Crippen molar-refractivity contribution in [2.75, 3.05) is 38.2 Å². The number of hydrogen-bond acceptors (Lipinski definition) is 6. The first kappa shape index (κ1) is 23.6. The zero-order chi connectivity index (χ0) is 25.1. The van der Waals surface area contributed by atoms with Gasteiger partial charge in [0, 0.05) is 42.2 Å². The van der Waals surface area contributed by atoms with Gasteiger partial charge in [-0.25, -0.2) is 4.39 Å². The monoisotopic (exact) mass is 521 g/mol. The number of aromatic nitrogens is 2. The molecule has 7 rings (SSSR count). The Kier molecular flexibility index (Phi) is 5.98. The van der Waals surface area contributed by atoms with E-state index >= 15 is 4.39 Å². The SMILES string of the molecule is CN1CCC[C@H]1COc1nc(N2C[C@@H]3CC[C@@H](C2)N3)c2cc(Cl)c(-c3ccccc3C3CC3)c(F)c2n1. The van der Waals surface area contributed by atoms with Crippen LogP contribution in [0.5, 0.6) is 6.01 Å². The van der Waals surface area contributed by atoms with Crippen LogP contribution in [0, 0.1) is 5.82 Å². The van der Waals surface area contributed by atoms with Gasteiger partial charge in [0.05, 0.1) is 5.02 Å². The Morgan fingerprint density at radius 3 is 2.59 bits per heavy atom. The highest BCUT2D eigenvalue weighted by Crippen LogP contribution is 2.47. The van der Waals surface area contributed by atoms with Gasteiger partial charge in [-0.3, -0.25) is 0 Å². The van der Waals surface area contributed by atoms with Crippen LogP contribution in [-0.2, 0) is 0 Å². The molecule has 4 heterocycles. The zero-order valence-electron chi connectivity index (χ0n) is 21.2. The number of hydrogen-bond donors (Lipinski definition) is 1. The van der Waals surface area contributed by atoms with Crippen LogP contribution in [0.4, 0.5) is 10.2 Å². The van der Waals surface area contributed by atoms with Gasteiger partial charge in [0.25, 0.3) is 0 Å². The van der Waals surface area contributed by atoms with E-state index in [4.69, 9.17) is 21.3 Å². The maximum Gasteiger partial charge on any atom is 0.319 e. The van der Waals surface area contributed by atoms with Crippen LogP contribution in [0.15, 0.2) is 30.3 Å². The maximum atomic E-state index is 16.5. The summed E-state index contributed by atoms with van der Waals surface area (Å²) in [5, 5.41) is 4.73. The summed E-state index contributed by atoms with van der Waals surface area (Å²) in [5.74, 6) is 0.808. The molecule has 8 heteroatoms. The van der Waals surface area contributed by atoms with Crippen LogP contribution in [0.25, 0.3) is 22.0 Å². The molecule has 4 fully saturated rings. The molecule has 194 valence electrons. The number of ether oxygens (including phenoxy) is 1. The van der Waals surface area contributed by atoms with Crippen LogP contribution >= 0.6 is 11.6 Å². The Morgan fingerprint density at radius 2 is 1.86 bits per heavy atom. The molecule has 1 aliphatic carbocycles. The second-order valence-electron chi connectivity index (χ2n) is 11.3. The molecule has 4 aliphatic rings. The first-order valence-corrected chi connectivity index (χ1v) is 14.1. The Hall–Kier alpha value is -2.48. The molecule has 3 aromatic rings. The Morgan fingerprint density at radius 1 is 1.08 bits per heavy atom. The van der Waals surface area contributed by atoms with E-state index in [0.29, 0.717) is 46.6 Å². The van der Waals surface area contributed by atoms with Crippen molar-refractivity contribution in [1.82, 2.24) is 20.2 Å². The van der Waals surface area contributed by atoms with Gasteiger partial charge < -0.3 is 19.9 Å². The summed E-state index contributed by atoms with van der Waals surface area (Å²) in [4.78, 5) is 14.1. The summed E-state index contributed by atoms with van der Waals surface area (Å²) in [6.07, 6.45) is 6.82. The Bertz CT molecular complexity index is 1340. The maximum absolute atomic E-state index is 16.5. The van der Waals surface area contributed by atoms with Crippen molar-refractivity contribution in [3.8, 4) is 17.1 Å². The highest BCUT2D eigenvalue weighted by atomic mass is 35.5. The second kappa shape index (κ2) is 9.37. The van der Waals surface area contributed by atoms with Crippen molar-refractivity contribution in [1.29, 1.82) is 0 Å². The molecule has 2 bridgehead atoms. The third-order valence-electron chi connectivity index (χ3n) is 8.68. The molecule has 6 nitrogen and oxygen atoms in total. The fraction of sp³-hybridized carbons (Fsp3) is 0.517. The lowest BCUT2D eigenvalue weighted by molar-refractivity contribution is 0.188. The molecule has 3 atom stereocenters. The molecular weight excluding hydrogens is 489 g/mol. The number of nitrogens with one attached hydrogen (secondary N) is 1. The molecule has 3 aliphatic heterocycles. The number of fused-ring (bicyclic) bond motifs is 3. The van der Waals surface area contributed by atoms with Crippen molar-refractivity contribution in [3.63, 3.8) is 0 Å². The van der Waals surface area contributed by atoms with Gasteiger partial charge in [0.1, 0.15) is 17.9 Å². The number of likely N-dealkylation sites (tertiary alicyclic amines) is 1. The predicted octanol–water partition coefficient (Wildman–Crippen LogP) is 5.38. The Labute approximate surface area is 222 Å². The number of anilines is 1. The van der Waals surface area contributed by atoms with Gasteiger partial charge in [-0.2, -0.15) is 9.97 Å². The van der Waals surface area contributed by atoms with Crippen LogP contribution in [0.2, 0.25) is 5.02 Å². The van der Waals surface area contributed by atoms with Gasteiger partial charge >= 0.3 is 6.01 Å². The van der Waals surface area contributed by atoms with Crippen molar-refractivity contribution in [2.45, 2.75) is 62.6 Å². The summed E-state index contributed by atoms with van der Waals surface area (Å²) in [6.45, 7) is 3.23. The smallest absolute Gasteiger partial charge is 0.319 e. The molecule has 0 amide bonds. The van der Waals surface area contributed by atoms with Gasteiger partial charge in [-0.05, 0) is 75.2 Å². The molecule has 0 spiro atoms. The lowest BCUT2D eigenvalue weighted by atomic mass is 9.95. The van der Waals surface area contributed by atoms with E-state index in [9.17, 15) is 0 Å². The van der Waals surface area contributed by atoms with Crippen molar-refractivity contribution in [2.24, 2.45) is 0 Å². The molecule has 37 heavy (non-hydrogen) atoms. The minimum atomic E-state index is -0.389. The van der Waals surface area contributed by atoms with Crippen LogP contribution < -0.4 is 15.0 Å². The number of halogens is 2. The highest BCUT2D eigenvalue weighted by molar-refractivity contribution is 6.34. The lowest BCUT2D eigenvalue weighted by Crippen LogP contribution is -2.51. The van der Waals surface area contributed by atoms with Crippen molar-refractivity contribution < 1.29 is 9.13 Å². The van der Waals surface area contributed by atoms with Gasteiger partial charge in [-0.15, -0.1) is 0 Å². The molecule has 0 radical (unpaired) electrons. The number of likely N-dealkylation sites (N-methyl/N-ethyl adjacent to an activating group) is 1. The number of benzene rings is 2. The fourth-order valence-electron chi connectivity index (χ4n) is 6.52. The minimum absolute atomic E-state index is 0.247. The minimum Gasteiger partial charge on any atom is -0.462 e. The third-order valence-corrected chi connectivity index (χ3v) is 8.98. The number of nitrogens with zero attached hydrogens (tertiary/aromatic N) is 4. The Balaban J connectivity index is 1.35. The summed E-state index contributed by atoms with van der Waals surface area (Å²) >= 11 is 6.86. The first-order chi connectivity index (χ1) is 18.0. The van der Waals surface area contributed by atoms with Gasteiger partial charge in [0.2, 0.25) is 0 Å².